The van der Waals surface area contributed by atoms with Crippen molar-refractivity contribution in [2.24, 2.45) is 5.92 Å². The first-order valence-electron chi connectivity index (χ1n) is 9.46. The molecule has 0 fully saturated rings. The van der Waals surface area contributed by atoms with E-state index in [-0.39, 0.29) is 17.1 Å². The zero-order valence-electron chi connectivity index (χ0n) is 16.5. The van der Waals surface area contributed by atoms with E-state index >= 15 is 0 Å². The molecule has 0 aromatic heterocycles. The van der Waals surface area contributed by atoms with E-state index in [1.54, 1.807) is 6.07 Å². The van der Waals surface area contributed by atoms with Gasteiger partial charge in [-0.25, -0.2) is 0 Å². The molecule has 1 unspecified atom stereocenters. The fourth-order valence-electron chi connectivity index (χ4n) is 2.86. The lowest BCUT2D eigenvalue weighted by atomic mass is 9.84. The van der Waals surface area contributed by atoms with Gasteiger partial charge < -0.3 is 15.6 Å². The number of rotatable bonds is 9. The number of phenolic OH excluding ortho intramolecular Hbond substituents is 1. The summed E-state index contributed by atoms with van der Waals surface area (Å²) in [7, 11) is 0. The molecule has 0 saturated carbocycles. The number of phenols is 1. The average Bonchev–Trinajstić information content (AvgIpc) is 2.54. The normalized spacial score (nSPS) is 12.8. The average molecular weight is 350 g/mol. The summed E-state index contributed by atoms with van der Waals surface area (Å²) in [6.45, 7) is 10.9. The highest BCUT2D eigenvalue weighted by atomic mass is 16.5. The van der Waals surface area contributed by atoms with E-state index in [1.807, 2.05) is 26.8 Å². The van der Waals surface area contributed by atoms with Gasteiger partial charge in [-0.05, 0) is 35.8 Å². The summed E-state index contributed by atoms with van der Waals surface area (Å²) in [5.41, 5.74) is 7.84. The Balaban J connectivity index is 2.60. The summed E-state index contributed by atoms with van der Waals surface area (Å²) in [5, 5.41) is 10.2. The van der Waals surface area contributed by atoms with Crippen LogP contribution in [0.2, 0.25) is 0 Å². The number of aromatic hydroxyl groups is 1. The second kappa shape index (κ2) is 9.69. The molecule has 1 rings (SSSR count). The van der Waals surface area contributed by atoms with Crippen molar-refractivity contribution < 1.29 is 14.6 Å². The number of hydrogen-bond acceptors (Lipinski definition) is 4. The van der Waals surface area contributed by atoms with Crippen molar-refractivity contribution in [2.45, 2.75) is 78.6 Å². The SMILES string of the molecule is CCCCC(CC)COC(=O)CCc1cc(N)c(O)c(C(C)(C)C)c1. The van der Waals surface area contributed by atoms with E-state index in [0.29, 0.717) is 31.1 Å². The quantitative estimate of drug-likeness (QED) is 0.375. The number of benzene rings is 1. The molecule has 0 saturated heterocycles. The van der Waals surface area contributed by atoms with Crippen molar-refractivity contribution in [3.63, 3.8) is 0 Å². The number of carbonyl (C=O) groups excluding carboxylic acids is 1. The number of aryl methyl sites for hydroxylation is 1. The molecule has 1 aromatic rings. The number of nitrogens with two attached hydrogens (primary N) is 1. The van der Waals surface area contributed by atoms with Crippen LogP contribution in [0.5, 0.6) is 5.75 Å². The van der Waals surface area contributed by atoms with Gasteiger partial charge in [-0.3, -0.25) is 4.79 Å². The van der Waals surface area contributed by atoms with E-state index in [0.717, 1.165) is 24.0 Å². The van der Waals surface area contributed by atoms with Gasteiger partial charge in [0.1, 0.15) is 5.75 Å². The highest BCUT2D eigenvalue weighted by Gasteiger charge is 2.21. The highest BCUT2D eigenvalue weighted by Crippen LogP contribution is 2.36. The van der Waals surface area contributed by atoms with Crippen LogP contribution in [0.15, 0.2) is 12.1 Å². The third-order valence-corrected chi connectivity index (χ3v) is 4.65. The van der Waals surface area contributed by atoms with Crippen molar-refractivity contribution in [3.8, 4) is 5.75 Å². The van der Waals surface area contributed by atoms with Gasteiger partial charge in [0, 0.05) is 12.0 Å². The maximum atomic E-state index is 12.0. The topological polar surface area (TPSA) is 72.5 Å². The molecule has 4 nitrogen and oxygen atoms in total. The molecule has 0 amide bonds. The molecule has 0 aliphatic rings. The van der Waals surface area contributed by atoms with Crippen LogP contribution in [0.3, 0.4) is 0 Å². The van der Waals surface area contributed by atoms with Crippen LogP contribution < -0.4 is 5.73 Å². The Hall–Kier alpha value is -1.71. The standard InChI is InChI=1S/C21H35NO3/c1-6-8-9-15(7-2)14-25-19(23)11-10-16-12-17(21(3,4)5)20(24)18(22)13-16/h12-13,15,24H,6-11,14,22H2,1-5H3. The summed E-state index contributed by atoms with van der Waals surface area (Å²) < 4.78 is 5.45. The van der Waals surface area contributed by atoms with Gasteiger partial charge in [-0.1, -0.05) is 59.9 Å². The molecule has 0 radical (unpaired) electrons. The predicted molar refractivity (Wildman–Crippen MR) is 104 cm³/mol. The molecular formula is C21H35NO3. The Morgan fingerprint density at radius 2 is 1.96 bits per heavy atom. The van der Waals surface area contributed by atoms with Gasteiger partial charge in [0.05, 0.1) is 12.3 Å². The molecule has 3 N–H and O–H groups in total. The number of ether oxygens (including phenoxy) is 1. The van der Waals surface area contributed by atoms with E-state index in [2.05, 4.69) is 13.8 Å². The molecule has 1 atom stereocenters. The molecule has 1 aromatic carbocycles. The van der Waals surface area contributed by atoms with Crippen LogP contribution in [-0.2, 0) is 21.4 Å². The van der Waals surface area contributed by atoms with Gasteiger partial charge >= 0.3 is 5.97 Å². The Morgan fingerprint density at radius 1 is 1.28 bits per heavy atom. The number of hydrogen-bond donors (Lipinski definition) is 2. The van der Waals surface area contributed by atoms with Gasteiger partial charge in [-0.2, -0.15) is 0 Å². The lowest BCUT2D eigenvalue weighted by molar-refractivity contribution is -0.145. The highest BCUT2D eigenvalue weighted by molar-refractivity contribution is 5.70. The first kappa shape index (κ1) is 21.3. The number of unbranched alkanes of at least 4 members (excludes halogenated alkanes) is 1. The maximum absolute atomic E-state index is 12.0. The first-order valence-corrected chi connectivity index (χ1v) is 9.46. The summed E-state index contributed by atoms with van der Waals surface area (Å²) in [6, 6.07) is 3.68. The van der Waals surface area contributed by atoms with E-state index in [4.69, 9.17) is 10.5 Å². The third-order valence-electron chi connectivity index (χ3n) is 4.65. The minimum atomic E-state index is -0.206. The van der Waals surface area contributed by atoms with Crippen LogP contribution in [0.4, 0.5) is 5.69 Å². The smallest absolute Gasteiger partial charge is 0.306 e. The van der Waals surface area contributed by atoms with Crippen LogP contribution in [0.25, 0.3) is 0 Å². The van der Waals surface area contributed by atoms with Crippen molar-refractivity contribution >= 4 is 11.7 Å². The minimum Gasteiger partial charge on any atom is -0.505 e. The van der Waals surface area contributed by atoms with Crippen molar-refractivity contribution in [1.29, 1.82) is 0 Å². The Morgan fingerprint density at radius 3 is 2.52 bits per heavy atom. The Kier molecular flexibility index (Phi) is 8.27. The molecule has 0 heterocycles. The number of carbonyl (C=O) groups is 1. The number of anilines is 1. The van der Waals surface area contributed by atoms with Crippen molar-refractivity contribution in [3.05, 3.63) is 23.3 Å². The van der Waals surface area contributed by atoms with E-state index < -0.39 is 0 Å². The molecule has 0 spiro atoms. The van der Waals surface area contributed by atoms with Crippen LogP contribution >= 0.6 is 0 Å². The summed E-state index contributed by atoms with van der Waals surface area (Å²) >= 11 is 0. The van der Waals surface area contributed by atoms with Crippen LogP contribution in [-0.4, -0.2) is 17.7 Å². The number of esters is 1. The lowest BCUT2D eigenvalue weighted by Crippen LogP contribution is -2.15. The fourth-order valence-corrected chi connectivity index (χ4v) is 2.86. The zero-order chi connectivity index (χ0) is 19.0. The summed E-state index contributed by atoms with van der Waals surface area (Å²) in [5.74, 6) is 0.431. The monoisotopic (exact) mass is 349 g/mol. The molecular weight excluding hydrogens is 314 g/mol. The second-order valence-electron chi connectivity index (χ2n) is 7.93. The third kappa shape index (κ3) is 6.97. The number of nitrogen functional groups attached to an aromatic ring is 1. The van der Waals surface area contributed by atoms with E-state index in [9.17, 15) is 9.90 Å². The summed E-state index contributed by atoms with van der Waals surface area (Å²) in [4.78, 5) is 12.0. The largest absolute Gasteiger partial charge is 0.505 e. The fraction of sp³-hybridized carbons (Fsp3) is 0.667. The molecule has 0 aliphatic carbocycles. The molecule has 0 bridgehead atoms. The summed E-state index contributed by atoms with van der Waals surface area (Å²) in [6.07, 6.45) is 5.40. The Labute approximate surface area is 152 Å². The van der Waals surface area contributed by atoms with Crippen LogP contribution in [0, 0.1) is 5.92 Å². The molecule has 142 valence electrons. The molecule has 4 heteroatoms. The van der Waals surface area contributed by atoms with Gasteiger partial charge in [0.25, 0.3) is 0 Å². The van der Waals surface area contributed by atoms with Crippen molar-refractivity contribution in [1.82, 2.24) is 0 Å². The first-order chi connectivity index (χ1) is 11.7. The lowest BCUT2D eigenvalue weighted by Gasteiger charge is -2.22. The van der Waals surface area contributed by atoms with Crippen LogP contribution in [0.1, 0.15) is 77.8 Å². The second-order valence-corrected chi connectivity index (χ2v) is 7.93. The van der Waals surface area contributed by atoms with Crippen molar-refractivity contribution in [2.75, 3.05) is 12.3 Å². The van der Waals surface area contributed by atoms with Gasteiger partial charge in [0.15, 0.2) is 0 Å². The van der Waals surface area contributed by atoms with E-state index in [1.165, 1.54) is 12.8 Å². The van der Waals surface area contributed by atoms with Gasteiger partial charge in [0.2, 0.25) is 0 Å². The zero-order valence-corrected chi connectivity index (χ0v) is 16.5. The molecule has 25 heavy (non-hydrogen) atoms. The van der Waals surface area contributed by atoms with Gasteiger partial charge in [-0.15, -0.1) is 0 Å². The Bertz CT molecular complexity index is 561. The minimum absolute atomic E-state index is 0.139. The maximum Gasteiger partial charge on any atom is 0.306 e. The predicted octanol–water partition coefficient (Wildman–Crippen LogP) is 4.96. The molecule has 0 aliphatic heterocycles.